The molecule has 1 fully saturated rings. The van der Waals surface area contributed by atoms with Gasteiger partial charge in [0, 0.05) is 48.7 Å². The van der Waals surface area contributed by atoms with Gasteiger partial charge in [0.2, 0.25) is 0 Å². The van der Waals surface area contributed by atoms with Crippen LogP contribution in [0.15, 0.2) is 76.5 Å². The predicted molar refractivity (Wildman–Crippen MR) is 129 cm³/mol. The Morgan fingerprint density at radius 3 is 2.42 bits per heavy atom. The zero-order valence-electron chi connectivity index (χ0n) is 18.1. The number of piperazine rings is 1. The van der Waals surface area contributed by atoms with Crippen molar-refractivity contribution in [3.8, 4) is 0 Å². The minimum Gasteiger partial charge on any atom is -0.366 e. The predicted octanol–water partition coefficient (Wildman–Crippen LogP) is 4.92. The summed E-state index contributed by atoms with van der Waals surface area (Å²) in [6.45, 7) is 2.11. The van der Waals surface area contributed by atoms with E-state index in [0.29, 0.717) is 43.1 Å². The number of hydrogen-bond acceptors (Lipinski definition) is 4. The van der Waals surface area contributed by atoms with Crippen molar-refractivity contribution in [3.63, 3.8) is 0 Å². The Morgan fingerprint density at radius 2 is 1.64 bits per heavy atom. The zero-order valence-corrected chi connectivity index (χ0v) is 18.9. The number of hydrogen-bond donors (Lipinski definition) is 1. The number of carbonyl (C=O) groups excluding carboxylic acids is 2. The smallest absolute Gasteiger partial charge is 0.321 e. The first kappa shape index (κ1) is 21.3. The molecule has 2 heterocycles. The summed E-state index contributed by atoms with van der Waals surface area (Å²) >= 11 is 1.54. The molecular weight excluding hydrogens is 439 g/mol. The number of anilines is 3. The van der Waals surface area contributed by atoms with E-state index in [4.69, 9.17) is 0 Å². The van der Waals surface area contributed by atoms with E-state index < -0.39 is 0 Å². The highest BCUT2D eigenvalue weighted by Gasteiger charge is 2.26. The summed E-state index contributed by atoms with van der Waals surface area (Å²) in [7, 11) is 1.75. The second-order valence-electron chi connectivity index (χ2n) is 8.00. The quantitative estimate of drug-likeness (QED) is 0.587. The molecule has 0 bridgehead atoms. The fourth-order valence-corrected chi connectivity index (χ4v) is 5.23. The molecule has 0 aliphatic carbocycles. The molecule has 0 radical (unpaired) electrons. The van der Waals surface area contributed by atoms with E-state index in [1.165, 1.54) is 6.07 Å². The molecule has 3 aromatic carbocycles. The number of fused-ring (bicyclic) bond motifs is 2. The van der Waals surface area contributed by atoms with Crippen molar-refractivity contribution in [1.82, 2.24) is 4.90 Å². The minimum absolute atomic E-state index is 0.0791. The molecule has 8 heteroatoms. The van der Waals surface area contributed by atoms with E-state index in [1.54, 1.807) is 40.7 Å². The van der Waals surface area contributed by atoms with E-state index in [-0.39, 0.29) is 17.8 Å². The third-order valence-electron chi connectivity index (χ3n) is 5.97. The second-order valence-corrected chi connectivity index (χ2v) is 9.08. The Balaban J connectivity index is 1.28. The van der Waals surface area contributed by atoms with Crippen molar-refractivity contribution in [3.05, 3.63) is 78.1 Å². The summed E-state index contributed by atoms with van der Waals surface area (Å²) in [4.78, 5) is 33.0. The van der Waals surface area contributed by atoms with Crippen LogP contribution in [0.25, 0.3) is 0 Å². The molecule has 2 aliphatic heterocycles. The Labute approximate surface area is 196 Å². The first-order valence-corrected chi connectivity index (χ1v) is 11.6. The van der Waals surface area contributed by atoms with Gasteiger partial charge in [-0.05, 0) is 42.5 Å². The van der Waals surface area contributed by atoms with Gasteiger partial charge in [-0.15, -0.1) is 0 Å². The number of rotatable bonds is 2. The highest BCUT2D eigenvalue weighted by Crippen LogP contribution is 2.41. The molecule has 0 unspecified atom stereocenters. The summed E-state index contributed by atoms with van der Waals surface area (Å²) in [5, 5.41) is 2.95. The third kappa shape index (κ3) is 4.14. The number of halogens is 1. The summed E-state index contributed by atoms with van der Waals surface area (Å²) < 4.78 is 14.1. The Bertz CT molecular complexity index is 1230. The lowest BCUT2D eigenvalue weighted by atomic mass is 10.2. The minimum atomic E-state index is -0.251. The SMILES string of the molecule is CN1C(=O)c2ccccc2Sc2ccc(NC(=O)N3CCN(c4ccccc4F)CC3)cc21. The summed E-state index contributed by atoms with van der Waals surface area (Å²) in [6.07, 6.45) is 0. The number of amides is 3. The van der Waals surface area contributed by atoms with Crippen molar-refractivity contribution in [2.24, 2.45) is 0 Å². The maximum Gasteiger partial charge on any atom is 0.321 e. The van der Waals surface area contributed by atoms with Gasteiger partial charge < -0.3 is 20.0 Å². The second kappa shape index (κ2) is 8.78. The van der Waals surface area contributed by atoms with Crippen LogP contribution in [-0.4, -0.2) is 50.1 Å². The van der Waals surface area contributed by atoms with Crippen molar-refractivity contribution < 1.29 is 14.0 Å². The zero-order chi connectivity index (χ0) is 22.9. The first-order valence-electron chi connectivity index (χ1n) is 10.8. The van der Waals surface area contributed by atoms with Gasteiger partial charge in [-0.2, -0.15) is 0 Å². The molecule has 0 atom stereocenters. The number of nitrogens with zero attached hydrogens (tertiary/aromatic N) is 3. The third-order valence-corrected chi connectivity index (χ3v) is 7.11. The fourth-order valence-electron chi connectivity index (χ4n) is 4.15. The number of nitrogens with one attached hydrogen (secondary N) is 1. The maximum atomic E-state index is 14.1. The summed E-state index contributed by atoms with van der Waals surface area (Å²) in [5.41, 5.74) is 2.61. The highest BCUT2D eigenvalue weighted by atomic mass is 32.2. The number of urea groups is 1. The van der Waals surface area contributed by atoms with Crippen molar-refractivity contribution in [2.45, 2.75) is 9.79 Å². The van der Waals surface area contributed by atoms with E-state index in [9.17, 15) is 14.0 Å². The van der Waals surface area contributed by atoms with Crippen molar-refractivity contribution in [2.75, 3.05) is 48.3 Å². The van der Waals surface area contributed by atoms with Gasteiger partial charge in [-0.1, -0.05) is 36.0 Å². The molecule has 168 valence electrons. The number of benzene rings is 3. The van der Waals surface area contributed by atoms with E-state index in [1.807, 2.05) is 53.4 Å². The van der Waals surface area contributed by atoms with E-state index in [2.05, 4.69) is 5.32 Å². The molecule has 3 aromatic rings. The molecule has 0 spiro atoms. The van der Waals surface area contributed by atoms with Gasteiger partial charge in [0.25, 0.3) is 5.91 Å². The van der Waals surface area contributed by atoms with Crippen LogP contribution in [0, 0.1) is 5.82 Å². The summed E-state index contributed by atoms with van der Waals surface area (Å²) in [5.74, 6) is -0.330. The van der Waals surface area contributed by atoms with Gasteiger partial charge in [0.15, 0.2) is 0 Å². The van der Waals surface area contributed by atoms with Crippen molar-refractivity contribution in [1.29, 1.82) is 0 Å². The topological polar surface area (TPSA) is 55.9 Å². The van der Waals surface area contributed by atoms with Crippen LogP contribution in [0.5, 0.6) is 0 Å². The maximum absolute atomic E-state index is 14.1. The lowest BCUT2D eigenvalue weighted by molar-refractivity contribution is 0.0990. The highest BCUT2D eigenvalue weighted by molar-refractivity contribution is 7.99. The molecule has 3 amide bonds. The van der Waals surface area contributed by atoms with Crippen LogP contribution in [0.1, 0.15) is 10.4 Å². The molecule has 33 heavy (non-hydrogen) atoms. The van der Waals surface area contributed by atoms with Crippen LogP contribution >= 0.6 is 11.8 Å². The van der Waals surface area contributed by atoms with Gasteiger partial charge >= 0.3 is 6.03 Å². The van der Waals surface area contributed by atoms with E-state index >= 15 is 0 Å². The molecule has 1 N–H and O–H groups in total. The Hall–Kier alpha value is -3.52. The van der Waals surface area contributed by atoms with Gasteiger partial charge in [-0.3, -0.25) is 4.79 Å². The average molecular weight is 463 g/mol. The van der Waals surface area contributed by atoms with E-state index in [0.717, 1.165) is 15.5 Å². The molecule has 0 aromatic heterocycles. The van der Waals surface area contributed by atoms with Crippen LogP contribution in [-0.2, 0) is 0 Å². The number of carbonyl (C=O) groups is 2. The van der Waals surface area contributed by atoms with Gasteiger partial charge in [-0.25, -0.2) is 9.18 Å². The summed E-state index contributed by atoms with van der Waals surface area (Å²) in [6, 6.07) is 19.7. The number of para-hydroxylation sites is 1. The molecule has 0 saturated carbocycles. The fraction of sp³-hybridized carbons (Fsp3) is 0.200. The molecule has 1 saturated heterocycles. The standard InChI is InChI=1S/C25H23FN4O2S/c1-28-21-16-17(10-11-23(21)33-22-9-5-2-6-18(22)24(28)31)27-25(32)30-14-12-29(13-15-30)20-8-4-3-7-19(20)26/h2-11,16H,12-15H2,1H3,(H,27,32). The normalized spacial score (nSPS) is 15.6. The average Bonchev–Trinajstić information content (AvgIpc) is 2.94. The molecular formula is C25H23FN4O2S. The van der Waals surface area contributed by atoms with Crippen molar-refractivity contribution >= 4 is 40.8 Å². The lowest BCUT2D eigenvalue weighted by Gasteiger charge is -2.36. The molecule has 6 nitrogen and oxygen atoms in total. The van der Waals surface area contributed by atoms with Crippen LogP contribution in [0.2, 0.25) is 0 Å². The van der Waals surface area contributed by atoms with Crippen LogP contribution in [0.4, 0.5) is 26.2 Å². The first-order chi connectivity index (χ1) is 16.0. The lowest BCUT2D eigenvalue weighted by Crippen LogP contribution is -2.50. The van der Waals surface area contributed by atoms with Gasteiger partial charge in [0.05, 0.1) is 16.9 Å². The molecule has 5 rings (SSSR count). The monoisotopic (exact) mass is 462 g/mol. The van der Waals surface area contributed by atoms with Crippen LogP contribution in [0.3, 0.4) is 0 Å². The molecule has 2 aliphatic rings. The Kier molecular flexibility index (Phi) is 5.68. The van der Waals surface area contributed by atoms with Crippen LogP contribution < -0.4 is 15.1 Å². The Morgan fingerprint density at radius 1 is 0.909 bits per heavy atom. The van der Waals surface area contributed by atoms with Gasteiger partial charge in [0.1, 0.15) is 5.82 Å². The largest absolute Gasteiger partial charge is 0.366 e.